The SMILES string of the molecule is NC(=S)c1ccccc1NC(=O)CCOCCO. The van der Waals surface area contributed by atoms with Gasteiger partial charge in [0, 0.05) is 5.56 Å². The van der Waals surface area contributed by atoms with Crippen LogP contribution in [0.4, 0.5) is 5.69 Å². The monoisotopic (exact) mass is 268 g/mol. The van der Waals surface area contributed by atoms with Crippen LogP contribution in [0.1, 0.15) is 12.0 Å². The number of carbonyl (C=O) groups excluding carboxylic acids is 1. The molecular formula is C12H16N2O3S. The van der Waals surface area contributed by atoms with Crippen molar-refractivity contribution in [2.24, 2.45) is 5.73 Å². The van der Waals surface area contributed by atoms with Crippen molar-refractivity contribution >= 4 is 28.8 Å². The number of ether oxygens (including phenoxy) is 1. The van der Waals surface area contributed by atoms with Crippen molar-refractivity contribution in [2.45, 2.75) is 6.42 Å². The molecule has 4 N–H and O–H groups in total. The van der Waals surface area contributed by atoms with Gasteiger partial charge in [-0.2, -0.15) is 0 Å². The maximum atomic E-state index is 11.6. The van der Waals surface area contributed by atoms with E-state index < -0.39 is 0 Å². The van der Waals surface area contributed by atoms with E-state index in [1.165, 1.54) is 0 Å². The van der Waals surface area contributed by atoms with E-state index in [4.69, 9.17) is 27.8 Å². The molecule has 0 saturated carbocycles. The number of nitrogens with two attached hydrogens (primary N) is 1. The summed E-state index contributed by atoms with van der Waals surface area (Å²) in [6.45, 7) is 0.449. The summed E-state index contributed by atoms with van der Waals surface area (Å²) in [4.78, 5) is 11.9. The molecule has 6 heteroatoms. The van der Waals surface area contributed by atoms with Crippen LogP contribution in [0.5, 0.6) is 0 Å². The first kappa shape index (κ1) is 14.6. The van der Waals surface area contributed by atoms with Gasteiger partial charge in [0.2, 0.25) is 5.91 Å². The van der Waals surface area contributed by atoms with E-state index in [9.17, 15) is 4.79 Å². The predicted octanol–water partition coefficient (Wildman–Crippen LogP) is 0.658. The number of thiocarbonyl (C=S) groups is 1. The Balaban J connectivity index is 2.51. The summed E-state index contributed by atoms with van der Waals surface area (Å²) in [6, 6.07) is 7.08. The zero-order valence-electron chi connectivity index (χ0n) is 9.89. The van der Waals surface area contributed by atoms with Crippen LogP contribution in [0.2, 0.25) is 0 Å². The van der Waals surface area contributed by atoms with E-state index >= 15 is 0 Å². The van der Waals surface area contributed by atoms with Gasteiger partial charge in [-0.25, -0.2) is 0 Å². The number of carbonyl (C=O) groups is 1. The number of aliphatic hydroxyl groups excluding tert-OH is 1. The van der Waals surface area contributed by atoms with E-state index in [1.54, 1.807) is 24.3 Å². The molecule has 5 nitrogen and oxygen atoms in total. The van der Waals surface area contributed by atoms with Gasteiger partial charge in [-0.05, 0) is 12.1 Å². The van der Waals surface area contributed by atoms with Crippen LogP contribution in [0.15, 0.2) is 24.3 Å². The average molecular weight is 268 g/mol. The lowest BCUT2D eigenvalue weighted by atomic mass is 10.1. The summed E-state index contributed by atoms with van der Waals surface area (Å²) < 4.78 is 5.01. The van der Waals surface area contributed by atoms with Gasteiger partial charge < -0.3 is 20.9 Å². The number of anilines is 1. The minimum absolute atomic E-state index is 0.0497. The van der Waals surface area contributed by atoms with Crippen LogP contribution in [0.25, 0.3) is 0 Å². The second kappa shape index (κ2) is 7.75. The molecule has 0 aliphatic heterocycles. The van der Waals surface area contributed by atoms with Crippen LogP contribution in [0.3, 0.4) is 0 Å². The lowest BCUT2D eigenvalue weighted by Gasteiger charge is -2.09. The minimum atomic E-state index is -0.184. The molecule has 0 radical (unpaired) electrons. The molecule has 98 valence electrons. The number of hydrogen-bond donors (Lipinski definition) is 3. The lowest BCUT2D eigenvalue weighted by molar-refractivity contribution is -0.117. The number of aliphatic hydroxyl groups is 1. The molecule has 0 aliphatic carbocycles. The van der Waals surface area contributed by atoms with Crippen LogP contribution in [-0.4, -0.2) is 35.8 Å². The fourth-order valence-corrected chi connectivity index (χ4v) is 1.53. The Hall–Kier alpha value is -1.50. The topological polar surface area (TPSA) is 84.6 Å². The highest BCUT2D eigenvalue weighted by molar-refractivity contribution is 7.80. The smallest absolute Gasteiger partial charge is 0.226 e. The van der Waals surface area contributed by atoms with E-state index in [2.05, 4.69) is 5.32 Å². The van der Waals surface area contributed by atoms with Crippen LogP contribution in [-0.2, 0) is 9.53 Å². The number of para-hydroxylation sites is 1. The van der Waals surface area contributed by atoms with Crippen molar-refractivity contribution in [3.05, 3.63) is 29.8 Å². The van der Waals surface area contributed by atoms with Gasteiger partial charge in [0.15, 0.2) is 0 Å². The van der Waals surface area contributed by atoms with Gasteiger partial charge in [-0.1, -0.05) is 24.4 Å². The highest BCUT2D eigenvalue weighted by Crippen LogP contribution is 2.14. The van der Waals surface area contributed by atoms with Gasteiger partial charge in [0.05, 0.1) is 31.9 Å². The summed E-state index contributed by atoms with van der Waals surface area (Å²) in [5.41, 5.74) is 6.79. The van der Waals surface area contributed by atoms with Crippen LogP contribution >= 0.6 is 12.2 Å². The number of nitrogens with one attached hydrogen (secondary N) is 1. The molecule has 0 aliphatic rings. The molecule has 0 aromatic heterocycles. The molecule has 0 atom stereocenters. The Morgan fingerprint density at radius 2 is 2.11 bits per heavy atom. The zero-order valence-corrected chi connectivity index (χ0v) is 10.7. The molecule has 0 heterocycles. The molecule has 0 unspecified atom stereocenters. The third-order valence-electron chi connectivity index (χ3n) is 2.18. The summed E-state index contributed by atoms with van der Waals surface area (Å²) in [7, 11) is 0. The maximum absolute atomic E-state index is 11.6. The van der Waals surface area contributed by atoms with E-state index in [0.29, 0.717) is 11.3 Å². The highest BCUT2D eigenvalue weighted by Gasteiger charge is 2.07. The van der Waals surface area contributed by atoms with E-state index in [-0.39, 0.29) is 37.1 Å². The summed E-state index contributed by atoms with van der Waals surface area (Å²) in [5.74, 6) is -0.184. The molecule has 1 rings (SSSR count). The third-order valence-corrected chi connectivity index (χ3v) is 2.40. The van der Waals surface area contributed by atoms with Gasteiger partial charge in [0.25, 0.3) is 0 Å². The van der Waals surface area contributed by atoms with Crippen molar-refractivity contribution in [3.63, 3.8) is 0 Å². The van der Waals surface area contributed by atoms with E-state index in [1.807, 2.05) is 0 Å². The fraction of sp³-hybridized carbons (Fsp3) is 0.333. The molecule has 1 amide bonds. The Labute approximate surface area is 111 Å². The first-order valence-electron chi connectivity index (χ1n) is 5.52. The molecular weight excluding hydrogens is 252 g/mol. The van der Waals surface area contributed by atoms with Gasteiger partial charge in [-0.3, -0.25) is 4.79 Å². The van der Waals surface area contributed by atoms with Gasteiger partial charge >= 0.3 is 0 Å². The summed E-state index contributed by atoms with van der Waals surface area (Å²) >= 11 is 4.90. The van der Waals surface area contributed by atoms with Crippen molar-refractivity contribution in [1.82, 2.24) is 0 Å². The quantitative estimate of drug-likeness (QED) is 0.499. The number of amides is 1. The lowest BCUT2D eigenvalue weighted by Crippen LogP contribution is -2.18. The second-order valence-electron chi connectivity index (χ2n) is 3.54. The maximum Gasteiger partial charge on any atom is 0.226 e. The number of rotatable bonds is 7. The van der Waals surface area contributed by atoms with Crippen molar-refractivity contribution < 1.29 is 14.6 Å². The Kier molecular flexibility index (Phi) is 6.27. The first-order chi connectivity index (χ1) is 8.65. The van der Waals surface area contributed by atoms with Gasteiger partial charge in [-0.15, -0.1) is 0 Å². The summed E-state index contributed by atoms with van der Waals surface area (Å²) in [5, 5.41) is 11.2. The van der Waals surface area contributed by atoms with Crippen molar-refractivity contribution in [1.29, 1.82) is 0 Å². The highest BCUT2D eigenvalue weighted by atomic mass is 32.1. The predicted molar refractivity (Wildman–Crippen MR) is 73.5 cm³/mol. The zero-order chi connectivity index (χ0) is 13.4. The molecule has 18 heavy (non-hydrogen) atoms. The minimum Gasteiger partial charge on any atom is -0.394 e. The number of hydrogen-bond acceptors (Lipinski definition) is 4. The standard InChI is InChI=1S/C12H16N2O3S/c13-12(18)9-3-1-2-4-10(9)14-11(16)5-7-17-8-6-15/h1-4,15H,5-8H2,(H2,13,18)(H,14,16). The molecule has 1 aromatic carbocycles. The van der Waals surface area contributed by atoms with Crippen LogP contribution < -0.4 is 11.1 Å². The first-order valence-corrected chi connectivity index (χ1v) is 5.93. The van der Waals surface area contributed by atoms with Crippen LogP contribution in [0, 0.1) is 0 Å². The molecule has 1 aromatic rings. The Morgan fingerprint density at radius 3 is 2.78 bits per heavy atom. The largest absolute Gasteiger partial charge is 0.394 e. The summed E-state index contributed by atoms with van der Waals surface area (Å²) in [6.07, 6.45) is 0.214. The molecule has 0 fully saturated rings. The van der Waals surface area contributed by atoms with Crippen molar-refractivity contribution in [3.8, 4) is 0 Å². The third kappa shape index (κ3) is 4.79. The Morgan fingerprint density at radius 1 is 1.39 bits per heavy atom. The fourth-order valence-electron chi connectivity index (χ4n) is 1.35. The number of benzene rings is 1. The molecule has 0 spiro atoms. The average Bonchev–Trinajstić information content (AvgIpc) is 2.35. The Bertz CT molecular complexity index is 424. The van der Waals surface area contributed by atoms with Gasteiger partial charge in [0.1, 0.15) is 4.99 Å². The molecule has 0 bridgehead atoms. The van der Waals surface area contributed by atoms with Crippen molar-refractivity contribution in [2.75, 3.05) is 25.1 Å². The van der Waals surface area contributed by atoms with E-state index in [0.717, 1.165) is 0 Å². The second-order valence-corrected chi connectivity index (χ2v) is 3.98. The normalized spacial score (nSPS) is 10.1. The molecule has 0 saturated heterocycles.